The maximum Gasteiger partial charge on any atom is 0.188 e. The molecule has 1 aromatic heterocycles. The SMILES string of the molecule is COCOc1ccccc1C(O)c1nc2c(s1)C=CCC2. The fourth-order valence-corrected chi connectivity index (χ4v) is 3.36. The van der Waals surface area contributed by atoms with Crippen molar-refractivity contribution in [3.63, 3.8) is 0 Å². The van der Waals surface area contributed by atoms with Gasteiger partial charge in [-0.05, 0) is 25.0 Å². The molecule has 1 aliphatic rings. The van der Waals surface area contributed by atoms with E-state index in [1.165, 1.54) is 11.3 Å². The highest BCUT2D eigenvalue weighted by Crippen LogP contribution is 2.35. The summed E-state index contributed by atoms with van der Waals surface area (Å²) in [4.78, 5) is 5.72. The number of methoxy groups -OCH3 is 1. The van der Waals surface area contributed by atoms with Gasteiger partial charge in [-0.25, -0.2) is 4.98 Å². The highest BCUT2D eigenvalue weighted by atomic mass is 32.1. The monoisotopic (exact) mass is 303 g/mol. The molecule has 0 aliphatic heterocycles. The molecule has 1 atom stereocenters. The topological polar surface area (TPSA) is 51.6 Å². The number of allylic oxidation sites excluding steroid dienone is 1. The molecular weight excluding hydrogens is 286 g/mol. The lowest BCUT2D eigenvalue weighted by Gasteiger charge is -2.14. The number of ether oxygens (including phenoxy) is 2. The highest BCUT2D eigenvalue weighted by molar-refractivity contribution is 7.12. The van der Waals surface area contributed by atoms with Crippen LogP contribution in [0.3, 0.4) is 0 Å². The maximum atomic E-state index is 10.6. The van der Waals surface area contributed by atoms with Crippen molar-refractivity contribution >= 4 is 17.4 Å². The summed E-state index contributed by atoms with van der Waals surface area (Å²) in [6.07, 6.45) is 5.41. The van der Waals surface area contributed by atoms with Crippen LogP contribution in [-0.4, -0.2) is 24.0 Å². The van der Waals surface area contributed by atoms with Gasteiger partial charge >= 0.3 is 0 Å². The van der Waals surface area contributed by atoms with Crippen LogP contribution in [0.1, 0.15) is 33.7 Å². The van der Waals surface area contributed by atoms with Crippen molar-refractivity contribution in [2.24, 2.45) is 0 Å². The van der Waals surface area contributed by atoms with Crippen molar-refractivity contribution < 1.29 is 14.6 Å². The minimum atomic E-state index is -0.776. The quantitative estimate of drug-likeness (QED) is 0.862. The van der Waals surface area contributed by atoms with Crippen LogP contribution in [0.5, 0.6) is 5.75 Å². The van der Waals surface area contributed by atoms with E-state index in [1.807, 2.05) is 24.3 Å². The van der Waals surface area contributed by atoms with Crippen LogP contribution < -0.4 is 4.74 Å². The molecule has 2 aromatic rings. The molecule has 1 heterocycles. The lowest BCUT2D eigenvalue weighted by atomic mass is 10.1. The fourth-order valence-electron chi connectivity index (χ4n) is 2.31. The van der Waals surface area contributed by atoms with Gasteiger partial charge in [-0.15, -0.1) is 11.3 Å². The molecule has 21 heavy (non-hydrogen) atoms. The van der Waals surface area contributed by atoms with Crippen molar-refractivity contribution in [3.05, 3.63) is 51.5 Å². The zero-order chi connectivity index (χ0) is 14.7. The van der Waals surface area contributed by atoms with Crippen molar-refractivity contribution in [2.75, 3.05) is 13.9 Å². The first kappa shape index (κ1) is 14.3. The number of para-hydroxylation sites is 1. The van der Waals surface area contributed by atoms with Gasteiger partial charge < -0.3 is 14.6 Å². The summed E-state index contributed by atoms with van der Waals surface area (Å²) in [7, 11) is 1.57. The molecule has 0 fully saturated rings. The molecule has 3 rings (SSSR count). The summed E-state index contributed by atoms with van der Waals surface area (Å²) < 4.78 is 10.4. The van der Waals surface area contributed by atoms with Crippen molar-refractivity contribution in [1.82, 2.24) is 4.98 Å². The Morgan fingerprint density at radius 1 is 1.38 bits per heavy atom. The molecule has 1 aromatic carbocycles. The van der Waals surface area contributed by atoms with E-state index < -0.39 is 6.10 Å². The van der Waals surface area contributed by atoms with Gasteiger partial charge in [0, 0.05) is 12.7 Å². The Hall–Kier alpha value is -1.69. The number of hydrogen-bond donors (Lipinski definition) is 1. The molecule has 0 amide bonds. The largest absolute Gasteiger partial charge is 0.467 e. The number of aromatic nitrogens is 1. The van der Waals surface area contributed by atoms with Gasteiger partial charge in [-0.3, -0.25) is 0 Å². The van der Waals surface area contributed by atoms with Crippen LogP contribution in [0, 0.1) is 0 Å². The number of aliphatic hydroxyl groups excluding tert-OH is 1. The predicted molar refractivity (Wildman–Crippen MR) is 82.5 cm³/mol. The van der Waals surface area contributed by atoms with Gasteiger partial charge in [0.1, 0.15) is 16.9 Å². The average molecular weight is 303 g/mol. The number of thiazole rings is 1. The van der Waals surface area contributed by atoms with Crippen molar-refractivity contribution in [2.45, 2.75) is 18.9 Å². The molecule has 0 saturated carbocycles. The van der Waals surface area contributed by atoms with E-state index in [1.54, 1.807) is 7.11 Å². The first-order valence-electron chi connectivity index (χ1n) is 6.84. The minimum Gasteiger partial charge on any atom is -0.467 e. The van der Waals surface area contributed by atoms with E-state index in [0.717, 1.165) is 23.4 Å². The molecule has 0 spiro atoms. The first-order chi connectivity index (χ1) is 10.3. The number of aryl methyl sites for hydroxylation is 1. The average Bonchev–Trinajstić information content (AvgIpc) is 2.96. The van der Waals surface area contributed by atoms with Gasteiger partial charge in [0.2, 0.25) is 0 Å². The summed E-state index contributed by atoms with van der Waals surface area (Å²) in [6, 6.07) is 7.43. The van der Waals surface area contributed by atoms with E-state index in [9.17, 15) is 5.11 Å². The van der Waals surface area contributed by atoms with E-state index in [-0.39, 0.29) is 6.79 Å². The Morgan fingerprint density at radius 2 is 2.24 bits per heavy atom. The van der Waals surface area contributed by atoms with Crippen LogP contribution in [-0.2, 0) is 11.2 Å². The van der Waals surface area contributed by atoms with Crippen LogP contribution in [0.25, 0.3) is 6.08 Å². The van der Waals surface area contributed by atoms with Gasteiger partial charge in [-0.2, -0.15) is 0 Å². The fraction of sp³-hybridized carbons (Fsp3) is 0.312. The van der Waals surface area contributed by atoms with Crippen molar-refractivity contribution in [1.29, 1.82) is 0 Å². The third-order valence-electron chi connectivity index (χ3n) is 3.34. The first-order valence-corrected chi connectivity index (χ1v) is 7.66. The lowest BCUT2D eigenvalue weighted by molar-refractivity contribution is 0.0488. The minimum absolute atomic E-state index is 0.154. The third-order valence-corrected chi connectivity index (χ3v) is 4.46. The van der Waals surface area contributed by atoms with Gasteiger partial charge in [-0.1, -0.05) is 24.3 Å². The molecule has 110 valence electrons. The number of nitrogens with zero attached hydrogens (tertiary/aromatic N) is 1. The molecule has 0 bridgehead atoms. The number of hydrogen-bond acceptors (Lipinski definition) is 5. The summed E-state index contributed by atoms with van der Waals surface area (Å²) >= 11 is 1.54. The Morgan fingerprint density at radius 3 is 3.05 bits per heavy atom. The van der Waals surface area contributed by atoms with E-state index in [2.05, 4.69) is 17.1 Å². The second-order valence-corrected chi connectivity index (χ2v) is 5.86. The van der Waals surface area contributed by atoms with Crippen molar-refractivity contribution in [3.8, 4) is 5.75 Å². The number of rotatable bonds is 5. The molecule has 1 N–H and O–H groups in total. The van der Waals surface area contributed by atoms with Crippen LogP contribution in [0.15, 0.2) is 30.3 Å². The summed E-state index contributed by atoms with van der Waals surface area (Å²) in [5.41, 5.74) is 1.79. The lowest BCUT2D eigenvalue weighted by Crippen LogP contribution is -2.06. The Bertz CT molecular complexity index is 651. The van der Waals surface area contributed by atoms with Gasteiger partial charge in [0.05, 0.1) is 10.6 Å². The summed E-state index contributed by atoms with van der Waals surface area (Å²) in [5, 5.41) is 11.3. The molecular formula is C16H17NO3S. The zero-order valence-corrected chi connectivity index (χ0v) is 12.6. The Kier molecular flexibility index (Phi) is 4.34. The number of aliphatic hydroxyl groups is 1. The molecule has 0 radical (unpaired) electrons. The second kappa shape index (κ2) is 6.39. The van der Waals surface area contributed by atoms with Crippen LogP contribution in [0.2, 0.25) is 0 Å². The molecule has 0 saturated heterocycles. The third kappa shape index (κ3) is 3.00. The smallest absolute Gasteiger partial charge is 0.188 e. The summed E-state index contributed by atoms with van der Waals surface area (Å²) in [5.74, 6) is 0.621. The maximum absolute atomic E-state index is 10.6. The predicted octanol–water partition coefficient (Wildman–Crippen LogP) is 3.17. The van der Waals surface area contributed by atoms with E-state index in [4.69, 9.17) is 9.47 Å². The van der Waals surface area contributed by atoms with Gasteiger partial charge in [0.25, 0.3) is 0 Å². The molecule has 4 nitrogen and oxygen atoms in total. The zero-order valence-electron chi connectivity index (χ0n) is 11.8. The standard InChI is InChI=1S/C16H17NO3S/c1-19-10-20-13-8-4-2-6-11(13)15(18)16-17-12-7-3-5-9-14(12)21-16/h2,4-6,8-9,15,18H,3,7,10H2,1H3. The molecule has 1 unspecified atom stereocenters. The Labute approximate surface area is 127 Å². The molecule has 5 heteroatoms. The van der Waals surface area contributed by atoms with Crippen LogP contribution >= 0.6 is 11.3 Å². The summed E-state index contributed by atoms with van der Waals surface area (Å²) in [6.45, 7) is 0.154. The number of benzene rings is 1. The van der Waals surface area contributed by atoms with Crippen LogP contribution in [0.4, 0.5) is 0 Å². The Balaban J connectivity index is 1.89. The van der Waals surface area contributed by atoms with E-state index >= 15 is 0 Å². The normalized spacial score (nSPS) is 14.8. The van der Waals surface area contributed by atoms with Gasteiger partial charge in [0.15, 0.2) is 6.79 Å². The van der Waals surface area contributed by atoms with E-state index in [0.29, 0.717) is 16.3 Å². The molecule has 1 aliphatic carbocycles. The highest BCUT2D eigenvalue weighted by Gasteiger charge is 2.21. The number of fused-ring (bicyclic) bond motifs is 1. The second-order valence-electron chi connectivity index (χ2n) is 4.80.